The van der Waals surface area contributed by atoms with Gasteiger partial charge in [-0.15, -0.1) is 11.3 Å². The van der Waals surface area contributed by atoms with Crippen molar-refractivity contribution in [2.45, 2.75) is 19.9 Å². The number of para-hydroxylation sites is 1. The number of nitrogens with zero attached hydrogens (tertiary/aromatic N) is 5. The van der Waals surface area contributed by atoms with Gasteiger partial charge < -0.3 is 5.32 Å². The fraction of sp³-hybridized carbons (Fsp3) is 0.143. The van der Waals surface area contributed by atoms with E-state index in [1.54, 1.807) is 20.4 Å². The average Bonchev–Trinajstić information content (AvgIpc) is 3.31. The minimum absolute atomic E-state index is 0.103. The Morgan fingerprint density at radius 3 is 2.77 bits per heavy atom. The van der Waals surface area contributed by atoms with Crippen LogP contribution in [0, 0.1) is 6.92 Å². The van der Waals surface area contributed by atoms with E-state index in [1.807, 2.05) is 62.5 Å². The number of hydrogen-bond acceptors (Lipinski definition) is 6. The second kappa shape index (κ2) is 7.33. The summed E-state index contributed by atoms with van der Waals surface area (Å²) in [4.78, 5) is 23.1. The quantitative estimate of drug-likeness (QED) is 0.402. The Kier molecular flexibility index (Phi) is 4.63. The number of benzene rings is 1. The summed E-state index contributed by atoms with van der Waals surface area (Å²) in [5.74, 6) is 1.29. The first-order valence-electron chi connectivity index (χ1n) is 9.36. The molecule has 0 aliphatic heterocycles. The van der Waals surface area contributed by atoms with Crippen LogP contribution in [0.25, 0.3) is 21.4 Å². The van der Waals surface area contributed by atoms with Gasteiger partial charge in [0.05, 0.1) is 20.9 Å². The van der Waals surface area contributed by atoms with Gasteiger partial charge in [0.2, 0.25) is 0 Å². The standard InChI is InChI=1S/C21H17BrN6OS/c1-12-8-9-27-17(12)21(29)28(14-6-4-3-5-7-14)19(26-27)13(2)25-18-15-10-16(22)30-20(15)24-11-23-18/h3-11,13H,1-2H3,(H,23,24,25). The van der Waals surface area contributed by atoms with Gasteiger partial charge in [0.1, 0.15) is 22.5 Å². The van der Waals surface area contributed by atoms with E-state index in [4.69, 9.17) is 5.10 Å². The van der Waals surface area contributed by atoms with Crippen molar-refractivity contribution in [1.29, 1.82) is 0 Å². The van der Waals surface area contributed by atoms with Crippen LogP contribution in [0.15, 0.2) is 63.6 Å². The summed E-state index contributed by atoms with van der Waals surface area (Å²) in [6.07, 6.45) is 3.35. The van der Waals surface area contributed by atoms with E-state index in [-0.39, 0.29) is 11.6 Å². The SMILES string of the molecule is Cc1ccn2nc(C(C)Nc3ncnc4sc(Br)cc34)n(-c3ccccc3)c(=O)c12. The predicted octanol–water partition coefficient (Wildman–Crippen LogP) is 4.73. The van der Waals surface area contributed by atoms with E-state index in [2.05, 4.69) is 31.2 Å². The van der Waals surface area contributed by atoms with Crippen molar-refractivity contribution < 1.29 is 0 Å². The van der Waals surface area contributed by atoms with Gasteiger partial charge in [-0.3, -0.25) is 9.36 Å². The largest absolute Gasteiger partial charge is 0.360 e. The molecule has 1 atom stereocenters. The number of nitrogens with one attached hydrogen (secondary N) is 1. The third-order valence-corrected chi connectivity index (χ3v) is 6.51. The van der Waals surface area contributed by atoms with Gasteiger partial charge in [-0.1, -0.05) is 18.2 Å². The average molecular weight is 481 g/mol. The summed E-state index contributed by atoms with van der Waals surface area (Å²) >= 11 is 5.06. The summed E-state index contributed by atoms with van der Waals surface area (Å²) in [7, 11) is 0. The van der Waals surface area contributed by atoms with E-state index >= 15 is 0 Å². The molecule has 5 aromatic rings. The van der Waals surface area contributed by atoms with Crippen molar-refractivity contribution in [2.24, 2.45) is 0 Å². The highest BCUT2D eigenvalue weighted by molar-refractivity contribution is 9.11. The first kappa shape index (κ1) is 19.0. The van der Waals surface area contributed by atoms with Crippen LogP contribution in [0.1, 0.15) is 24.4 Å². The Balaban J connectivity index is 1.68. The molecule has 0 saturated carbocycles. The number of thiophene rings is 1. The van der Waals surface area contributed by atoms with Gasteiger partial charge in [-0.25, -0.2) is 14.5 Å². The molecular formula is C21H17BrN6OS. The topological polar surface area (TPSA) is 77.1 Å². The first-order chi connectivity index (χ1) is 14.5. The number of fused-ring (bicyclic) bond motifs is 2. The van der Waals surface area contributed by atoms with Crippen molar-refractivity contribution in [1.82, 2.24) is 24.1 Å². The van der Waals surface area contributed by atoms with Gasteiger partial charge in [-0.2, -0.15) is 5.10 Å². The van der Waals surface area contributed by atoms with Crippen LogP contribution < -0.4 is 10.9 Å². The van der Waals surface area contributed by atoms with Crippen LogP contribution in [-0.2, 0) is 0 Å². The normalized spacial score (nSPS) is 12.5. The molecule has 0 spiro atoms. The molecule has 30 heavy (non-hydrogen) atoms. The molecule has 0 radical (unpaired) electrons. The second-order valence-electron chi connectivity index (χ2n) is 6.98. The molecule has 1 aromatic carbocycles. The van der Waals surface area contributed by atoms with Crippen molar-refractivity contribution in [3.63, 3.8) is 0 Å². The van der Waals surface area contributed by atoms with Crippen LogP contribution >= 0.6 is 27.3 Å². The van der Waals surface area contributed by atoms with E-state index in [0.29, 0.717) is 17.2 Å². The van der Waals surface area contributed by atoms with Crippen LogP contribution in [0.5, 0.6) is 0 Å². The first-order valence-corrected chi connectivity index (χ1v) is 11.0. The lowest BCUT2D eigenvalue weighted by Gasteiger charge is -2.20. The summed E-state index contributed by atoms with van der Waals surface area (Å²) in [5, 5.41) is 9.13. The fourth-order valence-corrected chi connectivity index (χ4v) is 4.97. The third-order valence-electron chi connectivity index (χ3n) is 4.97. The number of aromatic nitrogens is 5. The van der Waals surface area contributed by atoms with Crippen molar-refractivity contribution >= 4 is 48.8 Å². The summed E-state index contributed by atoms with van der Waals surface area (Å²) < 4.78 is 4.31. The van der Waals surface area contributed by atoms with Crippen molar-refractivity contribution in [2.75, 3.05) is 5.32 Å². The minimum Gasteiger partial charge on any atom is -0.360 e. The number of rotatable bonds is 4. The zero-order valence-corrected chi connectivity index (χ0v) is 18.6. The predicted molar refractivity (Wildman–Crippen MR) is 123 cm³/mol. The lowest BCUT2D eigenvalue weighted by molar-refractivity contribution is 0.673. The zero-order chi connectivity index (χ0) is 20.8. The van der Waals surface area contributed by atoms with Gasteiger partial charge >= 0.3 is 0 Å². The molecule has 7 nitrogen and oxygen atoms in total. The molecule has 0 aliphatic carbocycles. The molecule has 0 saturated heterocycles. The fourth-order valence-electron chi connectivity index (χ4n) is 3.55. The van der Waals surface area contributed by atoms with E-state index in [9.17, 15) is 4.79 Å². The minimum atomic E-state index is -0.290. The third kappa shape index (κ3) is 3.10. The molecule has 0 amide bonds. The Bertz CT molecular complexity index is 1440. The smallest absolute Gasteiger partial charge is 0.282 e. The second-order valence-corrected chi connectivity index (χ2v) is 9.39. The van der Waals surface area contributed by atoms with Crippen molar-refractivity contribution in [3.05, 3.63) is 80.5 Å². The number of anilines is 1. The molecule has 0 bridgehead atoms. The van der Waals surface area contributed by atoms with Crippen LogP contribution in [0.4, 0.5) is 5.82 Å². The molecule has 4 aromatic heterocycles. The lowest BCUT2D eigenvalue weighted by Crippen LogP contribution is -2.29. The number of aryl methyl sites for hydroxylation is 1. The van der Waals surface area contributed by atoms with Gasteiger partial charge in [-0.05, 0) is 59.6 Å². The van der Waals surface area contributed by atoms with Crippen LogP contribution in [-0.4, -0.2) is 24.1 Å². The molecule has 1 N–H and O–H groups in total. The maximum atomic E-state index is 13.4. The molecule has 0 fully saturated rings. The van der Waals surface area contributed by atoms with Crippen LogP contribution in [0.3, 0.4) is 0 Å². The highest BCUT2D eigenvalue weighted by atomic mass is 79.9. The number of halogens is 1. The van der Waals surface area contributed by atoms with Gasteiger partial charge in [0.15, 0.2) is 5.82 Å². The lowest BCUT2D eigenvalue weighted by atomic mass is 10.2. The monoisotopic (exact) mass is 480 g/mol. The Morgan fingerprint density at radius 1 is 1.17 bits per heavy atom. The van der Waals surface area contributed by atoms with E-state index in [1.165, 1.54) is 6.33 Å². The van der Waals surface area contributed by atoms with Gasteiger partial charge in [0.25, 0.3) is 5.56 Å². The van der Waals surface area contributed by atoms with Crippen LogP contribution in [0.2, 0.25) is 0 Å². The number of hydrogen-bond donors (Lipinski definition) is 1. The van der Waals surface area contributed by atoms with Crippen molar-refractivity contribution in [3.8, 4) is 5.69 Å². The Morgan fingerprint density at radius 2 is 1.97 bits per heavy atom. The Labute approximate surface area is 184 Å². The molecule has 9 heteroatoms. The highest BCUT2D eigenvalue weighted by Crippen LogP contribution is 2.32. The summed E-state index contributed by atoms with van der Waals surface area (Å²) in [6.45, 7) is 3.89. The van der Waals surface area contributed by atoms with E-state index < -0.39 is 0 Å². The highest BCUT2D eigenvalue weighted by Gasteiger charge is 2.20. The Hall–Kier alpha value is -3.04. The van der Waals surface area contributed by atoms with Gasteiger partial charge in [0, 0.05) is 6.20 Å². The molecule has 0 aliphatic rings. The zero-order valence-electron chi connectivity index (χ0n) is 16.2. The summed E-state index contributed by atoms with van der Waals surface area (Å²) in [6, 6.07) is 13.2. The molecular weight excluding hydrogens is 464 g/mol. The molecule has 1 unspecified atom stereocenters. The maximum Gasteiger partial charge on any atom is 0.282 e. The summed E-state index contributed by atoms with van der Waals surface area (Å²) in [5.41, 5.74) is 2.13. The maximum absolute atomic E-state index is 13.4. The molecule has 150 valence electrons. The van der Waals surface area contributed by atoms with E-state index in [0.717, 1.165) is 25.3 Å². The molecule has 5 rings (SSSR count). The molecule has 4 heterocycles.